The molecule has 0 aliphatic carbocycles. The third-order valence-corrected chi connectivity index (χ3v) is 3.12. The fourth-order valence-corrected chi connectivity index (χ4v) is 1.92. The second-order valence-corrected chi connectivity index (χ2v) is 6.19. The van der Waals surface area contributed by atoms with E-state index in [2.05, 4.69) is 19.8 Å². The molecule has 0 radical (unpaired) electrons. The minimum atomic E-state index is -3.47. The Bertz CT molecular complexity index is 586. The summed E-state index contributed by atoms with van der Waals surface area (Å²) in [4.78, 5) is 15.7. The predicted molar refractivity (Wildman–Crippen MR) is 77.4 cm³/mol. The van der Waals surface area contributed by atoms with Crippen LogP contribution in [0.15, 0.2) is 12.1 Å². The predicted octanol–water partition coefficient (Wildman–Crippen LogP) is 1.45. The quantitative estimate of drug-likeness (QED) is 0.772. The standard InChI is InChI=1S/C12H19N3O4S/c1-5-8(2)13-10-6-9(12(16)19-3)7-11(14-10)15-20(4,17)18/h6-8H,5H2,1-4H3,(H2,13,14,15). The van der Waals surface area contributed by atoms with Crippen molar-refractivity contribution in [3.8, 4) is 0 Å². The summed E-state index contributed by atoms with van der Waals surface area (Å²) < 4.78 is 29.4. The summed E-state index contributed by atoms with van der Waals surface area (Å²) >= 11 is 0. The molecule has 0 aliphatic rings. The first-order valence-corrected chi connectivity index (χ1v) is 7.99. The Morgan fingerprint density at radius 1 is 1.40 bits per heavy atom. The first kappa shape index (κ1) is 16.2. The number of rotatable bonds is 6. The Kier molecular flexibility index (Phi) is 5.32. The number of anilines is 2. The van der Waals surface area contributed by atoms with Crippen LogP contribution in [0.5, 0.6) is 0 Å². The van der Waals surface area contributed by atoms with E-state index in [0.717, 1.165) is 12.7 Å². The third kappa shape index (κ3) is 5.04. The van der Waals surface area contributed by atoms with Crippen molar-refractivity contribution in [2.24, 2.45) is 0 Å². The summed E-state index contributed by atoms with van der Waals surface area (Å²) in [6.45, 7) is 3.95. The van der Waals surface area contributed by atoms with Crippen molar-refractivity contribution in [3.05, 3.63) is 17.7 Å². The highest BCUT2D eigenvalue weighted by Crippen LogP contribution is 2.17. The van der Waals surface area contributed by atoms with Crippen LogP contribution < -0.4 is 10.0 Å². The van der Waals surface area contributed by atoms with E-state index in [1.807, 2.05) is 13.8 Å². The number of ether oxygens (including phenoxy) is 1. The summed E-state index contributed by atoms with van der Waals surface area (Å²) in [6.07, 6.45) is 1.88. The number of carbonyl (C=O) groups excluding carboxylic acids is 1. The number of methoxy groups -OCH3 is 1. The molecule has 20 heavy (non-hydrogen) atoms. The highest BCUT2D eigenvalue weighted by atomic mass is 32.2. The smallest absolute Gasteiger partial charge is 0.338 e. The average molecular weight is 301 g/mol. The molecule has 0 aliphatic heterocycles. The topological polar surface area (TPSA) is 97.4 Å². The van der Waals surface area contributed by atoms with Gasteiger partial charge in [0.15, 0.2) is 0 Å². The van der Waals surface area contributed by atoms with Crippen molar-refractivity contribution in [2.45, 2.75) is 26.3 Å². The molecule has 0 amide bonds. The lowest BCUT2D eigenvalue weighted by Gasteiger charge is -2.14. The molecule has 0 aromatic carbocycles. The van der Waals surface area contributed by atoms with E-state index in [1.54, 1.807) is 0 Å². The van der Waals surface area contributed by atoms with Gasteiger partial charge in [-0.2, -0.15) is 0 Å². The molecule has 1 aromatic heterocycles. The number of pyridine rings is 1. The molecule has 1 atom stereocenters. The molecule has 112 valence electrons. The normalized spacial score (nSPS) is 12.6. The van der Waals surface area contributed by atoms with Gasteiger partial charge in [0.2, 0.25) is 10.0 Å². The number of sulfonamides is 1. The van der Waals surface area contributed by atoms with E-state index in [9.17, 15) is 13.2 Å². The average Bonchev–Trinajstić information content (AvgIpc) is 2.35. The van der Waals surface area contributed by atoms with Crippen molar-refractivity contribution < 1.29 is 17.9 Å². The maximum Gasteiger partial charge on any atom is 0.338 e. The van der Waals surface area contributed by atoms with Crippen LogP contribution in [0.1, 0.15) is 30.6 Å². The van der Waals surface area contributed by atoms with Gasteiger partial charge in [-0.1, -0.05) is 6.92 Å². The number of aromatic nitrogens is 1. The molecular formula is C12H19N3O4S. The fourth-order valence-electron chi connectivity index (χ4n) is 1.44. The van der Waals surface area contributed by atoms with Gasteiger partial charge in [0, 0.05) is 6.04 Å². The van der Waals surface area contributed by atoms with E-state index in [4.69, 9.17) is 0 Å². The monoisotopic (exact) mass is 301 g/mol. The summed E-state index contributed by atoms with van der Waals surface area (Å²) in [5, 5.41) is 3.08. The second-order valence-electron chi connectivity index (χ2n) is 4.45. The van der Waals surface area contributed by atoms with Crippen molar-refractivity contribution in [1.29, 1.82) is 0 Å². The van der Waals surface area contributed by atoms with Crippen LogP contribution in [0.2, 0.25) is 0 Å². The molecule has 0 spiro atoms. The Hall–Kier alpha value is -1.83. The van der Waals surface area contributed by atoms with Gasteiger partial charge in [-0.3, -0.25) is 4.72 Å². The number of hydrogen-bond donors (Lipinski definition) is 2. The number of nitrogens with one attached hydrogen (secondary N) is 2. The number of carbonyl (C=O) groups is 1. The van der Waals surface area contributed by atoms with Crippen LogP contribution >= 0.6 is 0 Å². The molecule has 0 saturated heterocycles. The van der Waals surface area contributed by atoms with Crippen molar-refractivity contribution >= 4 is 27.6 Å². The van der Waals surface area contributed by atoms with Crippen LogP contribution in [0, 0.1) is 0 Å². The highest BCUT2D eigenvalue weighted by Gasteiger charge is 2.13. The first-order valence-electron chi connectivity index (χ1n) is 6.10. The lowest BCUT2D eigenvalue weighted by atomic mass is 10.2. The van der Waals surface area contributed by atoms with Crippen LogP contribution in [-0.4, -0.2) is 38.8 Å². The summed E-state index contributed by atoms with van der Waals surface area (Å²) in [5.74, 6) is -0.0780. The largest absolute Gasteiger partial charge is 0.465 e. The summed E-state index contributed by atoms with van der Waals surface area (Å²) in [5.41, 5.74) is 0.222. The van der Waals surface area contributed by atoms with E-state index in [1.165, 1.54) is 19.2 Å². The Morgan fingerprint density at radius 2 is 2.00 bits per heavy atom. The number of esters is 1. The lowest BCUT2D eigenvalue weighted by Crippen LogP contribution is -2.17. The van der Waals surface area contributed by atoms with Crippen LogP contribution in [0.3, 0.4) is 0 Å². The van der Waals surface area contributed by atoms with Gasteiger partial charge >= 0.3 is 5.97 Å². The number of nitrogens with zero attached hydrogens (tertiary/aromatic N) is 1. The third-order valence-electron chi connectivity index (χ3n) is 2.54. The highest BCUT2D eigenvalue weighted by molar-refractivity contribution is 7.92. The summed E-state index contributed by atoms with van der Waals surface area (Å²) in [6, 6.07) is 2.99. The Balaban J connectivity index is 3.17. The fraction of sp³-hybridized carbons (Fsp3) is 0.500. The minimum absolute atomic E-state index is 0.0706. The molecule has 0 bridgehead atoms. The van der Waals surface area contributed by atoms with Crippen molar-refractivity contribution in [1.82, 2.24) is 4.98 Å². The molecule has 0 fully saturated rings. The lowest BCUT2D eigenvalue weighted by molar-refractivity contribution is 0.0600. The molecule has 1 aromatic rings. The molecule has 1 rings (SSSR count). The second kappa shape index (κ2) is 6.56. The zero-order chi connectivity index (χ0) is 15.3. The van der Waals surface area contributed by atoms with E-state index >= 15 is 0 Å². The molecule has 7 nitrogen and oxygen atoms in total. The van der Waals surface area contributed by atoms with Gasteiger partial charge in [-0.15, -0.1) is 0 Å². The van der Waals surface area contributed by atoms with Crippen LogP contribution in [0.4, 0.5) is 11.6 Å². The van der Waals surface area contributed by atoms with Gasteiger partial charge in [0.1, 0.15) is 11.6 Å². The van der Waals surface area contributed by atoms with E-state index < -0.39 is 16.0 Å². The molecule has 1 heterocycles. The SMILES string of the molecule is CCC(C)Nc1cc(C(=O)OC)cc(NS(C)(=O)=O)n1. The van der Waals surface area contributed by atoms with Gasteiger partial charge in [0.05, 0.1) is 18.9 Å². The molecule has 2 N–H and O–H groups in total. The number of hydrogen-bond acceptors (Lipinski definition) is 6. The van der Waals surface area contributed by atoms with Crippen molar-refractivity contribution in [2.75, 3.05) is 23.4 Å². The van der Waals surface area contributed by atoms with E-state index in [0.29, 0.717) is 5.82 Å². The van der Waals surface area contributed by atoms with Gasteiger partial charge < -0.3 is 10.1 Å². The first-order chi connectivity index (χ1) is 9.25. The zero-order valence-electron chi connectivity index (χ0n) is 11.9. The summed E-state index contributed by atoms with van der Waals surface area (Å²) in [7, 11) is -2.21. The van der Waals surface area contributed by atoms with Crippen molar-refractivity contribution in [3.63, 3.8) is 0 Å². The van der Waals surface area contributed by atoms with Gasteiger partial charge in [-0.05, 0) is 25.5 Å². The van der Waals surface area contributed by atoms with Gasteiger partial charge in [-0.25, -0.2) is 18.2 Å². The maximum atomic E-state index is 11.6. The van der Waals surface area contributed by atoms with E-state index in [-0.39, 0.29) is 17.4 Å². The van der Waals surface area contributed by atoms with Gasteiger partial charge in [0.25, 0.3) is 0 Å². The molecule has 1 unspecified atom stereocenters. The molecular weight excluding hydrogens is 282 g/mol. The molecule has 0 saturated carbocycles. The van der Waals surface area contributed by atoms with Crippen LogP contribution in [-0.2, 0) is 14.8 Å². The van der Waals surface area contributed by atoms with Crippen LogP contribution in [0.25, 0.3) is 0 Å². The molecule has 8 heteroatoms. The Labute approximate surface area is 118 Å². The minimum Gasteiger partial charge on any atom is -0.465 e. The maximum absolute atomic E-state index is 11.6. The Morgan fingerprint density at radius 3 is 2.50 bits per heavy atom. The zero-order valence-corrected chi connectivity index (χ0v) is 12.7.